The van der Waals surface area contributed by atoms with Gasteiger partial charge in [-0.15, -0.1) is 11.6 Å². The van der Waals surface area contributed by atoms with E-state index in [1.54, 1.807) is 0 Å². The van der Waals surface area contributed by atoms with Gasteiger partial charge >= 0.3 is 0 Å². The van der Waals surface area contributed by atoms with Crippen LogP contribution in [-0.2, 0) is 4.74 Å². The van der Waals surface area contributed by atoms with Gasteiger partial charge in [0.15, 0.2) is 0 Å². The van der Waals surface area contributed by atoms with Gasteiger partial charge in [0.2, 0.25) is 0 Å². The Morgan fingerprint density at radius 1 is 1.29 bits per heavy atom. The molecule has 1 spiro atoms. The van der Waals surface area contributed by atoms with Gasteiger partial charge in [0.25, 0.3) is 0 Å². The first-order chi connectivity index (χ1) is 6.63. The molecule has 2 saturated heterocycles. The molecule has 2 heterocycles. The third kappa shape index (κ3) is 0.869. The summed E-state index contributed by atoms with van der Waals surface area (Å²) in [5, 5.41) is 0. The van der Waals surface area contributed by atoms with E-state index < -0.39 is 0 Å². The number of fused-ring (bicyclic) bond motifs is 3. The van der Waals surface area contributed by atoms with E-state index >= 15 is 0 Å². The lowest BCUT2D eigenvalue weighted by atomic mass is 9.84. The van der Waals surface area contributed by atoms with Gasteiger partial charge < -0.3 is 4.74 Å². The monoisotopic (exact) mass is 214 g/mol. The van der Waals surface area contributed by atoms with E-state index in [1.165, 1.54) is 25.7 Å². The van der Waals surface area contributed by atoms with Crippen molar-refractivity contribution in [2.75, 3.05) is 5.88 Å². The molecule has 0 aromatic heterocycles. The summed E-state index contributed by atoms with van der Waals surface area (Å²) in [6.45, 7) is 4.75. The van der Waals surface area contributed by atoms with Crippen LogP contribution in [0.4, 0.5) is 0 Å². The van der Waals surface area contributed by atoms with Gasteiger partial charge in [-0.3, -0.25) is 0 Å². The molecule has 80 valence electrons. The second-order valence-corrected chi connectivity index (χ2v) is 6.14. The highest BCUT2D eigenvalue weighted by atomic mass is 35.5. The van der Waals surface area contributed by atoms with Crippen molar-refractivity contribution in [3.63, 3.8) is 0 Å². The Kier molecular flexibility index (Phi) is 1.81. The van der Waals surface area contributed by atoms with E-state index in [-0.39, 0.29) is 0 Å². The average molecular weight is 215 g/mol. The smallest absolute Gasteiger partial charge is 0.0644 e. The summed E-state index contributed by atoms with van der Waals surface area (Å²) in [5.74, 6) is 1.51. The molecule has 3 aliphatic rings. The first-order valence-corrected chi connectivity index (χ1v) is 6.38. The van der Waals surface area contributed by atoms with Crippen LogP contribution in [0.3, 0.4) is 0 Å². The van der Waals surface area contributed by atoms with E-state index in [2.05, 4.69) is 13.8 Å². The maximum Gasteiger partial charge on any atom is 0.0644 e. The Labute approximate surface area is 91.2 Å². The fraction of sp³-hybridized carbons (Fsp3) is 1.00. The summed E-state index contributed by atoms with van der Waals surface area (Å²) < 4.78 is 6.08. The molecular formula is C12H19ClO. The van der Waals surface area contributed by atoms with Crippen LogP contribution in [0.5, 0.6) is 0 Å². The van der Waals surface area contributed by atoms with Crippen molar-refractivity contribution in [1.82, 2.24) is 0 Å². The van der Waals surface area contributed by atoms with Crippen molar-refractivity contribution in [2.45, 2.75) is 51.7 Å². The molecule has 0 N–H and O–H groups in total. The van der Waals surface area contributed by atoms with Gasteiger partial charge in [0.1, 0.15) is 0 Å². The number of ether oxygens (including phenoxy) is 1. The van der Waals surface area contributed by atoms with Crippen LogP contribution in [0, 0.1) is 16.7 Å². The van der Waals surface area contributed by atoms with Crippen LogP contribution in [0.15, 0.2) is 0 Å². The van der Waals surface area contributed by atoms with Crippen LogP contribution >= 0.6 is 11.6 Å². The Balaban J connectivity index is 1.91. The van der Waals surface area contributed by atoms with Crippen molar-refractivity contribution in [3.8, 4) is 0 Å². The summed E-state index contributed by atoms with van der Waals surface area (Å²) in [4.78, 5) is 0. The van der Waals surface area contributed by atoms with E-state index in [4.69, 9.17) is 16.3 Å². The molecule has 1 saturated carbocycles. The minimum absolute atomic E-state index is 0.425. The molecular weight excluding hydrogens is 196 g/mol. The molecule has 2 aliphatic heterocycles. The molecule has 0 aromatic carbocycles. The maximum absolute atomic E-state index is 6.09. The summed E-state index contributed by atoms with van der Waals surface area (Å²) in [6.07, 6.45) is 6.30. The largest absolute Gasteiger partial charge is 0.374 e. The van der Waals surface area contributed by atoms with Gasteiger partial charge in [-0.25, -0.2) is 0 Å². The predicted molar refractivity (Wildman–Crippen MR) is 57.6 cm³/mol. The zero-order valence-electron chi connectivity index (χ0n) is 9.05. The first-order valence-electron chi connectivity index (χ1n) is 5.84. The second kappa shape index (κ2) is 2.68. The molecule has 4 unspecified atom stereocenters. The van der Waals surface area contributed by atoms with Crippen LogP contribution in [-0.4, -0.2) is 18.1 Å². The van der Waals surface area contributed by atoms with Crippen LogP contribution in [0.25, 0.3) is 0 Å². The summed E-state index contributed by atoms with van der Waals surface area (Å²) in [6, 6.07) is 0. The fourth-order valence-corrected chi connectivity index (χ4v) is 4.99. The van der Waals surface area contributed by atoms with Crippen LogP contribution in [0.1, 0.15) is 39.5 Å². The third-order valence-corrected chi connectivity index (χ3v) is 5.63. The summed E-state index contributed by atoms with van der Waals surface area (Å²) in [5.41, 5.74) is 0.872. The topological polar surface area (TPSA) is 9.23 Å². The van der Waals surface area contributed by atoms with Gasteiger partial charge in [0.05, 0.1) is 12.2 Å². The lowest BCUT2D eigenvalue weighted by Gasteiger charge is -2.33. The van der Waals surface area contributed by atoms with Crippen molar-refractivity contribution >= 4 is 11.6 Å². The van der Waals surface area contributed by atoms with E-state index in [9.17, 15) is 0 Å². The van der Waals surface area contributed by atoms with Gasteiger partial charge in [-0.05, 0) is 37.0 Å². The number of rotatable bonds is 1. The summed E-state index contributed by atoms with van der Waals surface area (Å²) >= 11 is 6.09. The lowest BCUT2D eigenvalue weighted by molar-refractivity contribution is -0.0582. The molecule has 3 rings (SSSR count). The Morgan fingerprint density at radius 2 is 2.07 bits per heavy atom. The Hall–Kier alpha value is 0.250. The first kappa shape index (κ1) is 9.47. The normalized spacial score (nSPS) is 53.8. The third-order valence-electron chi connectivity index (χ3n) is 5.33. The zero-order chi connectivity index (χ0) is 9.97. The molecule has 0 radical (unpaired) electrons. The van der Waals surface area contributed by atoms with E-state index in [0.29, 0.717) is 29.0 Å². The highest BCUT2D eigenvalue weighted by molar-refractivity contribution is 6.18. The highest BCUT2D eigenvalue weighted by Crippen LogP contribution is 2.76. The molecule has 0 amide bonds. The van der Waals surface area contributed by atoms with Gasteiger partial charge in [0, 0.05) is 11.3 Å². The minimum Gasteiger partial charge on any atom is -0.374 e. The number of alkyl halides is 1. The van der Waals surface area contributed by atoms with E-state index in [1.807, 2.05) is 0 Å². The highest BCUT2D eigenvalue weighted by Gasteiger charge is 2.75. The van der Waals surface area contributed by atoms with Crippen LogP contribution < -0.4 is 0 Å². The molecule has 1 aliphatic carbocycles. The number of hydrogen-bond donors (Lipinski definition) is 0. The molecule has 1 nitrogen and oxygen atoms in total. The zero-order valence-corrected chi connectivity index (χ0v) is 9.81. The fourth-order valence-electron chi connectivity index (χ4n) is 4.33. The van der Waals surface area contributed by atoms with Gasteiger partial charge in [-0.1, -0.05) is 13.8 Å². The molecule has 2 bridgehead atoms. The second-order valence-electron chi connectivity index (χ2n) is 5.83. The van der Waals surface area contributed by atoms with Crippen molar-refractivity contribution < 1.29 is 4.74 Å². The molecule has 2 heteroatoms. The van der Waals surface area contributed by atoms with Crippen molar-refractivity contribution in [1.29, 1.82) is 0 Å². The SMILES string of the molecule is CC1(C)C(CCl)C12CCC1CCC2O1. The molecule has 14 heavy (non-hydrogen) atoms. The molecule has 0 aromatic rings. The van der Waals surface area contributed by atoms with Crippen molar-refractivity contribution in [3.05, 3.63) is 0 Å². The standard InChI is InChI=1S/C12H19ClO/c1-11(2)9(7-13)12(11)6-5-8-3-4-10(12)14-8/h8-10H,3-7H2,1-2H3. The quantitative estimate of drug-likeness (QED) is 0.610. The molecule has 4 atom stereocenters. The van der Waals surface area contributed by atoms with Crippen LogP contribution in [0.2, 0.25) is 0 Å². The van der Waals surface area contributed by atoms with Gasteiger partial charge in [-0.2, -0.15) is 0 Å². The average Bonchev–Trinajstić information content (AvgIpc) is 2.48. The number of hydrogen-bond acceptors (Lipinski definition) is 1. The lowest BCUT2D eigenvalue weighted by Crippen LogP contribution is -2.33. The van der Waals surface area contributed by atoms with Crippen molar-refractivity contribution in [2.24, 2.45) is 16.7 Å². The molecule has 3 fully saturated rings. The maximum atomic E-state index is 6.09. The van der Waals surface area contributed by atoms with E-state index in [0.717, 1.165) is 5.88 Å². The summed E-state index contributed by atoms with van der Waals surface area (Å²) in [7, 11) is 0. The Bertz CT molecular complexity index is 263. The minimum atomic E-state index is 0.425. The predicted octanol–water partition coefficient (Wildman–Crippen LogP) is 3.21. The Morgan fingerprint density at radius 3 is 2.71 bits per heavy atom. The number of halogens is 1.